The van der Waals surface area contributed by atoms with E-state index in [1.807, 2.05) is 42.5 Å². The summed E-state index contributed by atoms with van der Waals surface area (Å²) in [6, 6.07) is 22.7. The van der Waals surface area contributed by atoms with Crippen molar-refractivity contribution in [2.45, 2.75) is 38.3 Å². The topological polar surface area (TPSA) is 104 Å². The van der Waals surface area contributed by atoms with Gasteiger partial charge in [0.1, 0.15) is 0 Å². The van der Waals surface area contributed by atoms with Gasteiger partial charge in [0.25, 0.3) is 5.69 Å². The van der Waals surface area contributed by atoms with Gasteiger partial charge >= 0.3 is 0 Å². The van der Waals surface area contributed by atoms with E-state index in [-0.39, 0.29) is 11.6 Å². The number of aromatic nitrogens is 1. The summed E-state index contributed by atoms with van der Waals surface area (Å²) in [4.78, 5) is 18.7. The lowest BCUT2D eigenvalue weighted by atomic mass is 10.0. The third-order valence-electron chi connectivity index (χ3n) is 6.38. The second-order valence-corrected chi connectivity index (χ2v) is 8.69. The van der Waals surface area contributed by atoms with Crippen LogP contribution >= 0.6 is 0 Å². The van der Waals surface area contributed by atoms with Gasteiger partial charge in [-0.3, -0.25) is 10.1 Å². The molecule has 1 aliphatic rings. The molecule has 7 nitrogen and oxygen atoms in total. The summed E-state index contributed by atoms with van der Waals surface area (Å²) in [5, 5.41) is 26.3. The van der Waals surface area contributed by atoms with Gasteiger partial charge in [-0.2, -0.15) is 0 Å². The summed E-state index contributed by atoms with van der Waals surface area (Å²) >= 11 is 0. The van der Waals surface area contributed by atoms with E-state index in [2.05, 4.69) is 22.4 Å². The fourth-order valence-corrected chi connectivity index (χ4v) is 4.59. The summed E-state index contributed by atoms with van der Waals surface area (Å²) in [5.41, 5.74) is 4.28. The van der Waals surface area contributed by atoms with Gasteiger partial charge < -0.3 is 15.4 Å². The summed E-state index contributed by atoms with van der Waals surface area (Å²) in [5.74, 6) is -0.0736. The van der Waals surface area contributed by atoms with Crippen LogP contribution < -0.4 is 5.32 Å². The van der Waals surface area contributed by atoms with Crippen molar-refractivity contribution in [1.82, 2.24) is 10.3 Å². The first kappa shape index (κ1) is 21.9. The van der Waals surface area contributed by atoms with Gasteiger partial charge in [-0.05, 0) is 36.6 Å². The molecule has 5 rings (SSSR count). The second kappa shape index (κ2) is 9.49. The minimum absolute atomic E-state index is 0.0423. The zero-order chi connectivity index (χ0) is 23.5. The van der Waals surface area contributed by atoms with Crippen LogP contribution in [-0.2, 0) is 6.54 Å². The van der Waals surface area contributed by atoms with Gasteiger partial charge in [0.05, 0.1) is 21.9 Å². The normalized spacial score (nSPS) is 14.6. The molecule has 4 aromatic rings. The molecule has 1 fully saturated rings. The Labute approximate surface area is 197 Å². The van der Waals surface area contributed by atoms with E-state index in [9.17, 15) is 15.2 Å². The van der Waals surface area contributed by atoms with Crippen molar-refractivity contribution in [1.29, 1.82) is 0 Å². The molecule has 0 aliphatic heterocycles. The fourth-order valence-electron chi connectivity index (χ4n) is 4.59. The van der Waals surface area contributed by atoms with Crippen LogP contribution in [0.4, 0.5) is 11.4 Å². The number of nitro benzene ring substituents is 1. The van der Waals surface area contributed by atoms with Crippen LogP contribution in [-0.4, -0.2) is 26.8 Å². The molecule has 3 aromatic carbocycles. The number of hydrogen-bond donors (Lipinski definition) is 3. The van der Waals surface area contributed by atoms with Crippen LogP contribution in [0.3, 0.4) is 0 Å². The Morgan fingerprint density at radius 2 is 1.79 bits per heavy atom. The van der Waals surface area contributed by atoms with E-state index in [4.69, 9.17) is 4.99 Å². The summed E-state index contributed by atoms with van der Waals surface area (Å²) < 4.78 is 0. The standard InChI is InChI=1S/C27H26N4O3/c32-27-25(23-16-22(31(33)34)14-15-24(23)30-27)26(19-6-2-1-3-7-19)29-21-12-10-18(11-13-21)17-28-20-8-4-5-9-20/h1-3,6-7,10-16,20,28,30,32H,4-5,8-9,17H2. The van der Waals surface area contributed by atoms with E-state index in [0.717, 1.165) is 17.8 Å². The van der Waals surface area contributed by atoms with Gasteiger partial charge in [0.2, 0.25) is 0 Å². The average molecular weight is 455 g/mol. The van der Waals surface area contributed by atoms with Crippen molar-refractivity contribution in [3.63, 3.8) is 0 Å². The first-order valence-electron chi connectivity index (χ1n) is 11.5. The smallest absolute Gasteiger partial charge is 0.270 e. The number of rotatable bonds is 7. The molecular formula is C27H26N4O3. The van der Waals surface area contributed by atoms with Gasteiger partial charge in [-0.1, -0.05) is 55.3 Å². The third-order valence-corrected chi connectivity index (χ3v) is 6.38. The lowest BCUT2D eigenvalue weighted by molar-refractivity contribution is -0.384. The molecule has 0 bridgehead atoms. The van der Waals surface area contributed by atoms with Gasteiger partial charge in [0.15, 0.2) is 5.88 Å². The molecule has 7 heteroatoms. The minimum atomic E-state index is -0.440. The van der Waals surface area contributed by atoms with E-state index in [1.54, 1.807) is 6.07 Å². The fraction of sp³-hybridized carbons (Fsp3) is 0.222. The number of H-pyrrole nitrogens is 1. The number of fused-ring (bicyclic) bond motifs is 1. The molecule has 1 heterocycles. The van der Waals surface area contributed by atoms with E-state index in [0.29, 0.717) is 28.2 Å². The quantitative estimate of drug-likeness (QED) is 0.181. The molecule has 0 radical (unpaired) electrons. The van der Waals surface area contributed by atoms with E-state index < -0.39 is 4.92 Å². The molecule has 0 atom stereocenters. The van der Waals surface area contributed by atoms with Crippen molar-refractivity contribution in [3.8, 4) is 5.88 Å². The van der Waals surface area contributed by atoms with Crippen molar-refractivity contribution in [2.75, 3.05) is 0 Å². The summed E-state index contributed by atoms with van der Waals surface area (Å²) in [7, 11) is 0. The second-order valence-electron chi connectivity index (χ2n) is 8.69. The highest BCUT2D eigenvalue weighted by Gasteiger charge is 2.21. The Morgan fingerprint density at radius 3 is 2.50 bits per heavy atom. The van der Waals surface area contributed by atoms with Gasteiger partial charge in [-0.25, -0.2) is 4.99 Å². The number of nitrogens with zero attached hydrogens (tertiary/aromatic N) is 2. The Bertz CT molecular complexity index is 1340. The van der Waals surface area contributed by atoms with Crippen LogP contribution in [0.15, 0.2) is 77.8 Å². The number of nitrogens with one attached hydrogen (secondary N) is 2. The maximum atomic E-state index is 11.4. The van der Waals surface area contributed by atoms with Crippen LogP contribution in [0.1, 0.15) is 42.4 Å². The lowest BCUT2D eigenvalue weighted by Crippen LogP contribution is -2.25. The maximum Gasteiger partial charge on any atom is 0.270 e. The number of hydrogen-bond acceptors (Lipinski definition) is 5. The molecular weight excluding hydrogens is 428 g/mol. The lowest BCUT2D eigenvalue weighted by Gasteiger charge is -2.12. The predicted octanol–water partition coefficient (Wildman–Crippen LogP) is 5.98. The summed E-state index contributed by atoms with van der Waals surface area (Å²) in [6.45, 7) is 0.826. The molecule has 0 unspecified atom stereocenters. The first-order chi connectivity index (χ1) is 16.6. The highest BCUT2D eigenvalue weighted by Crippen LogP contribution is 2.33. The van der Waals surface area contributed by atoms with Crippen molar-refractivity contribution in [2.24, 2.45) is 4.99 Å². The predicted molar refractivity (Wildman–Crippen MR) is 134 cm³/mol. The van der Waals surface area contributed by atoms with Gasteiger partial charge in [-0.15, -0.1) is 0 Å². The van der Waals surface area contributed by atoms with Crippen LogP contribution in [0, 0.1) is 10.1 Å². The molecule has 172 valence electrons. The molecule has 0 amide bonds. The first-order valence-corrected chi connectivity index (χ1v) is 11.5. The SMILES string of the molecule is O=[N+]([O-])c1ccc2[nH]c(O)c(C(=Nc3ccc(CNC4CCCC4)cc3)c3ccccc3)c2c1. The van der Waals surface area contributed by atoms with Gasteiger partial charge in [0, 0.05) is 41.2 Å². The Morgan fingerprint density at radius 1 is 1.06 bits per heavy atom. The monoisotopic (exact) mass is 454 g/mol. The number of aromatic amines is 1. The van der Waals surface area contributed by atoms with Crippen LogP contribution in [0.2, 0.25) is 0 Å². The molecule has 3 N–H and O–H groups in total. The molecule has 34 heavy (non-hydrogen) atoms. The van der Waals surface area contributed by atoms with E-state index in [1.165, 1.54) is 43.4 Å². The molecule has 0 spiro atoms. The largest absolute Gasteiger partial charge is 0.494 e. The summed E-state index contributed by atoms with van der Waals surface area (Å²) in [6.07, 6.45) is 5.10. The highest BCUT2D eigenvalue weighted by atomic mass is 16.6. The molecule has 1 aromatic heterocycles. The van der Waals surface area contributed by atoms with Crippen LogP contribution in [0.25, 0.3) is 10.9 Å². The Kier molecular flexibility index (Phi) is 6.10. The zero-order valence-electron chi connectivity index (χ0n) is 18.7. The average Bonchev–Trinajstić information content (AvgIpc) is 3.49. The zero-order valence-corrected chi connectivity index (χ0v) is 18.7. The molecule has 1 saturated carbocycles. The van der Waals surface area contributed by atoms with Crippen molar-refractivity contribution >= 4 is 28.0 Å². The number of benzene rings is 3. The maximum absolute atomic E-state index is 11.4. The number of non-ortho nitro benzene ring substituents is 1. The molecule has 0 saturated heterocycles. The minimum Gasteiger partial charge on any atom is -0.494 e. The Balaban J connectivity index is 1.53. The number of aliphatic imine (C=N–C) groups is 1. The third kappa shape index (κ3) is 4.56. The van der Waals surface area contributed by atoms with Crippen molar-refractivity contribution in [3.05, 3.63) is 99.6 Å². The highest BCUT2D eigenvalue weighted by molar-refractivity contribution is 6.22. The number of nitro groups is 1. The number of aromatic hydroxyl groups is 1. The van der Waals surface area contributed by atoms with E-state index >= 15 is 0 Å². The van der Waals surface area contributed by atoms with Crippen LogP contribution in [0.5, 0.6) is 5.88 Å². The van der Waals surface area contributed by atoms with Crippen molar-refractivity contribution < 1.29 is 10.0 Å². The molecule has 1 aliphatic carbocycles. The Hall–Kier alpha value is -3.97.